The number of unbranched alkanes of at least 4 members (excludes halogenated alkanes) is 1. The number of carbonyl (C=O) groups is 2. The van der Waals surface area contributed by atoms with Gasteiger partial charge in [0.1, 0.15) is 16.5 Å². The maximum Gasteiger partial charge on any atom is 0.347 e. The van der Waals surface area contributed by atoms with Crippen molar-refractivity contribution in [1.82, 2.24) is 5.32 Å². The minimum absolute atomic E-state index is 0.143. The minimum Gasteiger partial charge on any atom is -0.493 e. The molecule has 2 N–H and O–H groups in total. The van der Waals surface area contributed by atoms with E-state index in [0.717, 1.165) is 24.0 Å². The minimum atomic E-state index is -1.46. The van der Waals surface area contributed by atoms with Gasteiger partial charge in [-0.15, -0.1) is 0 Å². The van der Waals surface area contributed by atoms with E-state index in [0.29, 0.717) is 41.5 Å². The number of hydrogen-bond acceptors (Lipinski definition) is 4. The zero-order valence-electron chi connectivity index (χ0n) is 21.4. The van der Waals surface area contributed by atoms with Gasteiger partial charge in [-0.3, -0.25) is 4.79 Å². The van der Waals surface area contributed by atoms with Gasteiger partial charge >= 0.3 is 5.97 Å². The Hall–Kier alpha value is -2.93. The van der Waals surface area contributed by atoms with Crippen LogP contribution in [0.4, 0.5) is 0 Å². The molecule has 0 unspecified atom stereocenters. The molecule has 0 fully saturated rings. The Balaban J connectivity index is 1.63. The highest BCUT2D eigenvalue weighted by Crippen LogP contribution is 2.40. The van der Waals surface area contributed by atoms with Gasteiger partial charge in [0.05, 0.1) is 17.2 Å². The smallest absolute Gasteiger partial charge is 0.347 e. The topological polar surface area (TPSA) is 84.9 Å². The number of carboxylic acids is 1. The molecule has 0 aromatic heterocycles. The molecule has 202 valence electrons. The SMILES string of the molecule is CCCCOc1ccc(Cl)cc1C(=O)NCCc1ccc(-c2ccc(OC(C)(C)C(=O)O)c(Cl)c2Cl)cc1. The molecule has 0 bridgehead atoms. The normalized spacial score (nSPS) is 11.2. The Labute approximate surface area is 237 Å². The summed E-state index contributed by atoms with van der Waals surface area (Å²) in [5.41, 5.74) is 1.50. The molecule has 0 atom stereocenters. The van der Waals surface area contributed by atoms with Gasteiger partial charge in [-0.25, -0.2) is 4.79 Å². The van der Waals surface area contributed by atoms with Crippen LogP contribution in [0.5, 0.6) is 11.5 Å². The molecule has 0 saturated carbocycles. The summed E-state index contributed by atoms with van der Waals surface area (Å²) in [6, 6.07) is 16.1. The van der Waals surface area contributed by atoms with Crippen molar-refractivity contribution in [3.05, 3.63) is 80.8 Å². The lowest BCUT2D eigenvalue weighted by molar-refractivity contribution is -0.152. The molecule has 0 aliphatic heterocycles. The lowest BCUT2D eigenvalue weighted by Crippen LogP contribution is -2.37. The predicted octanol–water partition coefficient (Wildman–Crippen LogP) is 7.71. The molecule has 0 saturated heterocycles. The number of hydrogen-bond donors (Lipinski definition) is 2. The van der Waals surface area contributed by atoms with Crippen LogP contribution in [0.15, 0.2) is 54.6 Å². The maximum absolute atomic E-state index is 12.8. The second-order valence-electron chi connectivity index (χ2n) is 9.20. The monoisotopic (exact) mass is 577 g/mol. The predicted molar refractivity (Wildman–Crippen MR) is 152 cm³/mol. The van der Waals surface area contributed by atoms with Gasteiger partial charge in [0.15, 0.2) is 5.60 Å². The number of amides is 1. The van der Waals surface area contributed by atoms with Crippen LogP contribution >= 0.6 is 34.8 Å². The molecule has 3 rings (SSSR count). The zero-order valence-corrected chi connectivity index (χ0v) is 23.7. The fourth-order valence-corrected chi connectivity index (χ4v) is 4.19. The van der Waals surface area contributed by atoms with Crippen LogP contribution in [0, 0.1) is 0 Å². The van der Waals surface area contributed by atoms with Gasteiger partial charge in [-0.05, 0) is 68.1 Å². The third-order valence-electron chi connectivity index (χ3n) is 5.83. The Bertz CT molecular complexity index is 1290. The lowest BCUT2D eigenvalue weighted by Gasteiger charge is -2.23. The summed E-state index contributed by atoms with van der Waals surface area (Å²) in [5, 5.41) is 13.1. The number of carbonyl (C=O) groups excluding carboxylic acids is 1. The van der Waals surface area contributed by atoms with Crippen molar-refractivity contribution in [2.45, 2.75) is 45.6 Å². The van der Waals surface area contributed by atoms with E-state index in [1.165, 1.54) is 13.8 Å². The summed E-state index contributed by atoms with van der Waals surface area (Å²) < 4.78 is 11.3. The summed E-state index contributed by atoms with van der Waals surface area (Å²) in [4.78, 5) is 24.1. The Morgan fingerprint density at radius 1 is 0.947 bits per heavy atom. The highest BCUT2D eigenvalue weighted by Gasteiger charge is 2.30. The van der Waals surface area contributed by atoms with Crippen molar-refractivity contribution in [3.8, 4) is 22.6 Å². The molecule has 3 aromatic rings. The van der Waals surface area contributed by atoms with Gasteiger partial charge in [0, 0.05) is 17.1 Å². The van der Waals surface area contributed by atoms with E-state index in [4.69, 9.17) is 44.3 Å². The van der Waals surface area contributed by atoms with Crippen molar-refractivity contribution in [3.63, 3.8) is 0 Å². The lowest BCUT2D eigenvalue weighted by atomic mass is 10.0. The van der Waals surface area contributed by atoms with E-state index in [2.05, 4.69) is 12.2 Å². The molecule has 3 aromatic carbocycles. The van der Waals surface area contributed by atoms with Gasteiger partial charge < -0.3 is 19.9 Å². The van der Waals surface area contributed by atoms with E-state index in [-0.39, 0.29) is 21.7 Å². The quantitative estimate of drug-likeness (QED) is 0.215. The number of halogens is 3. The third-order valence-corrected chi connectivity index (χ3v) is 6.93. The van der Waals surface area contributed by atoms with Gasteiger partial charge in [0.25, 0.3) is 5.91 Å². The average molecular weight is 579 g/mol. The number of aliphatic carboxylic acids is 1. The van der Waals surface area contributed by atoms with Crippen molar-refractivity contribution in [1.29, 1.82) is 0 Å². The van der Waals surface area contributed by atoms with E-state index in [1.54, 1.807) is 30.3 Å². The fourth-order valence-electron chi connectivity index (χ4n) is 3.55. The van der Waals surface area contributed by atoms with Crippen LogP contribution in [0.2, 0.25) is 15.1 Å². The van der Waals surface area contributed by atoms with Gasteiger partial charge in [-0.2, -0.15) is 0 Å². The van der Waals surface area contributed by atoms with Crippen LogP contribution in [0.3, 0.4) is 0 Å². The van der Waals surface area contributed by atoms with Crippen molar-refractivity contribution >= 4 is 46.7 Å². The van der Waals surface area contributed by atoms with Crippen LogP contribution < -0.4 is 14.8 Å². The van der Waals surface area contributed by atoms with Crippen molar-refractivity contribution in [2.24, 2.45) is 0 Å². The first-order chi connectivity index (χ1) is 18.0. The summed E-state index contributed by atoms with van der Waals surface area (Å²) >= 11 is 19.0. The highest BCUT2D eigenvalue weighted by atomic mass is 35.5. The maximum atomic E-state index is 12.8. The van der Waals surface area contributed by atoms with Crippen molar-refractivity contribution in [2.75, 3.05) is 13.2 Å². The zero-order chi connectivity index (χ0) is 27.9. The van der Waals surface area contributed by atoms with Gasteiger partial charge in [-0.1, -0.05) is 72.4 Å². The second-order valence-corrected chi connectivity index (χ2v) is 10.4. The molecule has 0 spiro atoms. The number of ether oxygens (including phenoxy) is 2. The molecule has 0 heterocycles. The molecule has 0 radical (unpaired) electrons. The number of benzene rings is 3. The summed E-state index contributed by atoms with van der Waals surface area (Å²) in [7, 11) is 0. The first kappa shape index (κ1) is 29.6. The molecule has 1 amide bonds. The highest BCUT2D eigenvalue weighted by molar-refractivity contribution is 6.44. The molecule has 0 aliphatic rings. The summed E-state index contributed by atoms with van der Waals surface area (Å²) in [6.07, 6.45) is 2.51. The van der Waals surface area contributed by atoms with Crippen LogP contribution in [0.25, 0.3) is 11.1 Å². The van der Waals surface area contributed by atoms with E-state index in [1.807, 2.05) is 24.3 Å². The van der Waals surface area contributed by atoms with Crippen LogP contribution in [0.1, 0.15) is 49.5 Å². The van der Waals surface area contributed by atoms with Crippen LogP contribution in [-0.4, -0.2) is 35.7 Å². The second kappa shape index (κ2) is 13.2. The average Bonchev–Trinajstić information content (AvgIpc) is 2.88. The molecular formula is C29H30Cl3NO5. The van der Waals surface area contributed by atoms with E-state index in [9.17, 15) is 14.7 Å². The first-order valence-corrected chi connectivity index (χ1v) is 13.4. The molecule has 38 heavy (non-hydrogen) atoms. The molecular weight excluding hydrogens is 549 g/mol. The van der Waals surface area contributed by atoms with Gasteiger partial charge in [0.2, 0.25) is 0 Å². The van der Waals surface area contributed by atoms with E-state index >= 15 is 0 Å². The van der Waals surface area contributed by atoms with Crippen molar-refractivity contribution < 1.29 is 24.2 Å². The number of carboxylic acid groups (broad SMARTS) is 1. The number of rotatable bonds is 12. The molecule has 9 heteroatoms. The van der Waals surface area contributed by atoms with Crippen LogP contribution in [-0.2, 0) is 11.2 Å². The summed E-state index contributed by atoms with van der Waals surface area (Å²) in [6.45, 7) is 5.91. The Morgan fingerprint density at radius 2 is 1.63 bits per heavy atom. The standard InChI is InChI=1S/C29H30Cl3NO5/c1-4-5-16-37-23-12-10-20(30)17-22(23)27(34)33-15-14-18-6-8-19(9-7-18)21-11-13-24(26(32)25(21)31)38-29(2,3)28(35)36/h6-13,17H,4-5,14-16H2,1-3H3,(H,33,34)(H,35,36). The third kappa shape index (κ3) is 7.56. The van der Waals surface area contributed by atoms with E-state index < -0.39 is 11.6 Å². The summed E-state index contributed by atoms with van der Waals surface area (Å²) in [5.74, 6) is -0.652. The first-order valence-electron chi connectivity index (χ1n) is 12.2. The molecule has 6 nitrogen and oxygen atoms in total. The fraction of sp³-hybridized carbons (Fsp3) is 0.310. The molecule has 0 aliphatic carbocycles. The Morgan fingerprint density at radius 3 is 2.29 bits per heavy atom. The largest absolute Gasteiger partial charge is 0.493 e. The Kier molecular flexibility index (Phi) is 10.3. The number of nitrogens with one attached hydrogen (secondary N) is 1.